The van der Waals surface area contributed by atoms with E-state index in [4.69, 9.17) is 4.42 Å². The third-order valence-electron chi connectivity index (χ3n) is 11.7. The van der Waals surface area contributed by atoms with Crippen molar-refractivity contribution in [2.24, 2.45) is 0 Å². The number of benzene rings is 8. The number of furan rings is 1. The van der Waals surface area contributed by atoms with Crippen molar-refractivity contribution >= 4 is 49.8 Å². The predicted octanol–water partition coefficient (Wildman–Crippen LogP) is 14.6. The van der Waals surface area contributed by atoms with E-state index in [2.05, 4.69) is 189 Å². The molecular weight excluding hydrogens is 643 g/mol. The fraction of sp³-hybridized carbons (Fsp3) is 0.0980. The van der Waals surface area contributed by atoms with Crippen molar-refractivity contribution in [2.75, 3.05) is 4.90 Å². The van der Waals surface area contributed by atoms with Crippen LogP contribution < -0.4 is 4.90 Å². The molecule has 1 aliphatic carbocycles. The molecule has 0 N–H and O–H groups in total. The SMILES string of the molecule is CCC1(CC)c2ccccc2-c2c1cc1ccccc1c2N(c1ccc2c(c1)oc1ccccc12)c1ccccc1-c1ccccc1-c1ccccc1. The van der Waals surface area contributed by atoms with Crippen LogP contribution in [0.2, 0.25) is 0 Å². The van der Waals surface area contributed by atoms with Gasteiger partial charge in [0.2, 0.25) is 0 Å². The van der Waals surface area contributed by atoms with Crippen molar-refractivity contribution in [3.8, 4) is 33.4 Å². The second-order valence-electron chi connectivity index (χ2n) is 14.2. The quantitative estimate of drug-likeness (QED) is 0.166. The highest BCUT2D eigenvalue weighted by atomic mass is 16.3. The third-order valence-corrected chi connectivity index (χ3v) is 11.7. The van der Waals surface area contributed by atoms with E-state index in [9.17, 15) is 0 Å². The van der Waals surface area contributed by atoms with Gasteiger partial charge in [0.25, 0.3) is 0 Å². The highest BCUT2D eigenvalue weighted by Gasteiger charge is 2.43. The molecule has 8 aromatic carbocycles. The summed E-state index contributed by atoms with van der Waals surface area (Å²) in [6.07, 6.45) is 2.05. The molecule has 0 amide bonds. The Morgan fingerprint density at radius 3 is 1.91 bits per heavy atom. The van der Waals surface area contributed by atoms with Gasteiger partial charge in [0.15, 0.2) is 0 Å². The smallest absolute Gasteiger partial charge is 0.137 e. The van der Waals surface area contributed by atoms with Crippen LogP contribution in [0.15, 0.2) is 180 Å². The predicted molar refractivity (Wildman–Crippen MR) is 224 cm³/mol. The zero-order chi connectivity index (χ0) is 35.5. The fourth-order valence-corrected chi connectivity index (χ4v) is 9.21. The van der Waals surface area contributed by atoms with Gasteiger partial charge in [0.05, 0.1) is 11.4 Å². The number of hydrogen-bond acceptors (Lipinski definition) is 2. The number of anilines is 3. The van der Waals surface area contributed by atoms with E-state index in [1.165, 1.54) is 61.0 Å². The van der Waals surface area contributed by atoms with Crippen LogP contribution in [0.1, 0.15) is 37.8 Å². The molecule has 0 saturated heterocycles. The van der Waals surface area contributed by atoms with Gasteiger partial charge < -0.3 is 9.32 Å². The molecule has 0 fully saturated rings. The van der Waals surface area contributed by atoms with Gasteiger partial charge in [-0.15, -0.1) is 0 Å². The maximum absolute atomic E-state index is 6.58. The molecular formula is C51H39NO. The first-order chi connectivity index (χ1) is 26.2. The van der Waals surface area contributed by atoms with Gasteiger partial charge in [0, 0.05) is 44.5 Å². The summed E-state index contributed by atoms with van der Waals surface area (Å²) >= 11 is 0. The molecule has 0 aliphatic heterocycles. The molecule has 9 aromatic rings. The van der Waals surface area contributed by atoms with Crippen LogP contribution in [0.4, 0.5) is 17.1 Å². The van der Waals surface area contributed by atoms with Crippen molar-refractivity contribution in [3.05, 3.63) is 187 Å². The zero-order valence-electron chi connectivity index (χ0n) is 30.0. The normalized spacial score (nSPS) is 13.0. The van der Waals surface area contributed by atoms with Crippen LogP contribution >= 0.6 is 0 Å². The minimum atomic E-state index is -0.0848. The van der Waals surface area contributed by atoms with E-state index < -0.39 is 0 Å². The lowest BCUT2D eigenvalue weighted by molar-refractivity contribution is 0.491. The van der Waals surface area contributed by atoms with Gasteiger partial charge in [-0.1, -0.05) is 153 Å². The molecule has 0 unspecified atom stereocenters. The number of rotatable bonds is 7. The topological polar surface area (TPSA) is 16.4 Å². The molecule has 2 nitrogen and oxygen atoms in total. The molecule has 53 heavy (non-hydrogen) atoms. The first kappa shape index (κ1) is 31.4. The molecule has 0 saturated carbocycles. The summed E-state index contributed by atoms with van der Waals surface area (Å²) < 4.78 is 6.58. The van der Waals surface area contributed by atoms with E-state index >= 15 is 0 Å². The van der Waals surface area contributed by atoms with Gasteiger partial charge in [0.1, 0.15) is 11.2 Å². The summed E-state index contributed by atoms with van der Waals surface area (Å²) in [5, 5.41) is 4.72. The minimum absolute atomic E-state index is 0.0848. The fourth-order valence-electron chi connectivity index (χ4n) is 9.21. The van der Waals surface area contributed by atoms with Crippen LogP contribution in [-0.4, -0.2) is 0 Å². The van der Waals surface area contributed by atoms with Crippen LogP contribution in [0.5, 0.6) is 0 Å². The van der Waals surface area contributed by atoms with Crippen molar-refractivity contribution in [3.63, 3.8) is 0 Å². The van der Waals surface area contributed by atoms with Crippen LogP contribution in [0.25, 0.3) is 66.1 Å². The molecule has 10 rings (SSSR count). The van der Waals surface area contributed by atoms with E-state index in [0.29, 0.717) is 0 Å². The Labute approximate surface area is 310 Å². The summed E-state index contributed by atoms with van der Waals surface area (Å²) in [5.74, 6) is 0. The van der Waals surface area contributed by atoms with E-state index in [0.717, 1.165) is 46.2 Å². The Bertz CT molecular complexity index is 2820. The molecule has 0 spiro atoms. The lowest BCUT2D eigenvalue weighted by atomic mass is 9.73. The average molecular weight is 682 g/mol. The lowest BCUT2D eigenvalue weighted by Crippen LogP contribution is -2.23. The van der Waals surface area contributed by atoms with Gasteiger partial charge in [-0.2, -0.15) is 0 Å². The summed E-state index contributed by atoms with van der Waals surface area (Å²) in [4.78, 5) is 2.53. The molecule has 0 atom stereocenters. The Kier molecular flexibility index (Phi) is 7.33. The Balaban J connectivity index is 1.34. The van der Waals surface area contributed by atoms with Crippen LogP contribution in [0, 0.1) is 0 Å². The van der Waals surface area contributed by atoms with Gasteiger partial charge in [-0.25, -0.2) is 0 Å². The standard InChI is InChI=1S/C51H39NO/c1-3-51(4-2)44-27-15-12-26-43(44)49-45(51)32-35-20-8-9-22-38(35)50(49)52(36-30-31-42-41-25-14-17-29-47(41)53-48(42)33-36)46-28-16-13-24-40(46)39-23-11-10-21-37(39)34-18-6-5-7-19-34/h5-33H,3-4H2,1-2H3. The largest absolute Gasteiger partial charge is 0.456 e. The number of hydrogen-bond donors (Lipinski definition) is 0. The zero-order valence-corrected chi connectivity index (χ0v) is 30.0. The van der Waals surface area contributed by atoms with Gasteiger partial charge >= 0.3 is 0 Å². The Morgan fingerprint density at radius 1 is 0.472 bits per heavy atom. The first-order valence-corrected chi connectivity index (χ1v) is 18.8. The maximum Gasteiger partial charge on any atom is 0.137 e. The molecule has 1 aliphatic rings. The highest BCUT2D eigenvalue weighted by Crippen LogP contribution is 2.59. The van der Waals surface area contributed by atoms with Gasteiger partial charge in [-0.3, -0.25) is 0 Å². The second kappa shape index (κ2) is 12.4. The van der Waals surface area contributed by atoms with Crippen molar-refractivity contribution in [1.82, 2.24) is 0 Å². The van der Waals surface area contributed by atoms with Crippen molar-refractivity contribution < 1.29 is 4.42 Å². The van der Waals surface area contributed by atoms with Gasteiger partial charge in [-0.05, 0) is 81.9 Å². The summed E-state index contributed by atoms with van der Waals surface area (Å²) in [6, 6.07) is 64.2. The number of para-hydroxylation sites is 2. The third kappa shape index (κ3) is 4.72. The highest BCUT2D eigenvalue weighted by molar-refractivity contribution is 6.12. The summed E-state index contributed by atoms with van der Waals surface area (Å²) in [7, 11) is 0. The minimum Gasteiger partial charge on any atom is -0.456 e. The Morgan fingerprint density at radius 2 is 1.09 bits per heavy atom. The maximum atomic E-state index is 6.58. The van der Waals surface area contributed by atoms with E-state index in [1.807, 2.05) is 6.07 Å². The first-order valence-electron chi connectivity index (χ1n) is 18.8. The Hall–Kier alpha value is -6.38. The second-order valence-corrected chi connectivity index (χ2v) is 14.2. The number of nitrogens with zero attached hydrogens (tertiary/aromatic N) is 1. The molecule has 2 heteroatoms. The monoisotopic (exact) mass is 681 g/mol. The average Bonchev–Trinajstić information content (AvgIpc) is 3.74. The summed E-state index contributed by atoms with van der Waals surface area (Å²) in [6.45, 7) is 4.71. The lowest BCUT2D eigenvalue weighted by Gasteiger charge is -2.33. The molecule has 0 radical (unpaired) electrons. The summed E-state index contributed by atoms with van der Waals surface area (Å²) in [5.41, 5.74) is 15.3. The van der Waals surface area contributed by atoms with Crippen molar-refractivity contribution in [2.45, 2.75) is 32.1 Å². The van der Waals surface area contributed by atoms with E-state index in [-0.39, 0.29) is 5.41 Å². The molecule has 1 heterocycles. The number of fused-ring (bicyclic) bond motifs is 7. The molecule has 0 bridgehead atoms. The van der Waals surface area contributed by atoms with Crippen LogP contribution in [-0.2, 0) is 5.41 Å². The van der Waals surface area contributed by atoms with Crippen molar-refractivity contribution in [1.29, 1.82) is 0 Å². The van der Waals surface area contributed by atoms with E-state index in [1.54, 1.807) is 0 Å². The van der Waals surface area contributed by atoms with Crippen LogP contribution in [0.3, 0.4) is 0 Å². The molecule has 1 aromatic heterocycles. The molecule has 254 valence electrons.